The van der Waals surface area contributed by atoms with E-state index in [1.54, 1.807) is 0 Å². The summed E-state index contributed by atoms with van der Waals surface area (Å²) in [7, 11) is 2.29. The first kappa shape index (κ1) is 15.0. The van der Waals surface area contributed by atoms with Crippen LogP contribution >= 0.6 is 0 Å². The Morgan fingerprint density at radius 1 is 1.24 bits per heavy atom. The second kappa shape index (κ2) is 8.10. The van der Waals surface area contributed by atoms with Crippen molar-refractivity contribution in [1.29, 1.82) is 0 Å². The number of hydrogen-bond acceptors (Lipinski definition) is 2. The minimum Gasteiger partial charge on any atom is -0.330 e. The molecule has 0 spiro atoms. The fourth-order valence-corrected chi connectivity index (χ4v) is 2.85. The van der Waals surface area contributed by atoms with Crippen molar-refractivity contribution < 1.29 is 0 Å². The van der Waals surface area contributed by atoms with Gasteiger partial charge in [-0.1, -0.05) is 19.8 Å². The normalized spacial score (nSPS) is 19.6. The van der Waals surface area contributed by atoms with Gasteiger partial charge < -0.3 is 10.6 Å². The standard InChI is InChI=1S/C15H32N2/c1-4-6-14(10-11-16)7-5-12-17(3)13(2)15-8-9-15/h13-15H,4-12,16H2,1-3H3. The molecular weight excluding hydrogens is 208 g/mol. The lowest BCUT2D eigenvalue weighted by Crippen LogP contribution is -2.31. The minimum atomic E-state index is 0.800. The van der Waals surface area contributed by atoms with Gasteiger partial charge in [0.15, 0.2) is 0 Å². The molecule has 0 aliphatic heterocycles. The lowest BCUT2D eigenvalue weighted by Gasteiger charge is -2.25. The summed E-state index contributed by atoms with van der Waals surface area (Å²) >= 11 is 0. The Morgan fingerprint density at radius 3 is 2.47 bits per heavy atom. The molecule has 1 saturated carbocycles. The van der Waals surface area contributed by atoms with Crippen LogP contribution in [-0.2, 0) is 0 Å². The highest BCUT2D eigenvalue weighted by molar-refractivity contribution is 4.84. The number of nitrogens with zero attached hydrogens (tertiary/aromatic N) is 1. The summed E-state index contributed by atoms with van der Waals surface area (Å²) in [6.07, 6.45) is 9.51. The third kappa shape index (κ3) is 5.87. The zero-order valence-electron chi connectivity index (χ0n) is 12.1. The maximum atomic E-state index is 5.68. The molecule has 0 aromatic rings. The van der Waals surface area contributed by atoms with Gasteiger partial charge in [-0.3, -0.25) is 0 Å². The molecule has 1 fully saturated rings. The van der Waals surface area contributed by atoms with Crippen LogP contribution in [-0.4, -0.2) is 31.1 Å². The fourth-order valence-electron chi connectivity index (χ4n) is 2.85. The highest BCUT2D eigenvalue weighted by atomic mass is 15.1. The molecule has 17 heavy (non-hydrogen) atoms. The van der Waals surface area contributed by atoms with Crippen LogP contribution in [0, 0.1) is 11.8 Å². The van der Waals surface area contributed by atoms with E-state index in [2.05, 4.69) is 25.8 Å². The van der Waals surface area contributed by atoms with Crippen LogP contribution in [0.5, 0.6) is 0 Å². The topological polar surface area (TPSA) is 29.3 Å². The number of nitrogens with two attached hydrogens (primary N) is 1. The number of hydrogen-bond donors (Lipinski definition) is 1. The molecule has 2 heteroatoms. The van der Waals surface area contributed by atoms with E-state index >= 15 is 0 Å². The summed E-state index contributed by atoms with van der Waals surface area (Å²) in [4.78, 5) is 2.56. The van der Waals surface area contributed by atoms with Gasteiger partial charge in [-0.05, 0) is 71.0 Å². The van der Waals surface area contributed by atoms with E-state index in [4.69, 9.17) is 5.73 Å². The van der Waals surface area contributed by atoms with Gasteiger partial charge in [0.05, 0.1) is 0 Å². The molecule has 2 unspecified atom stereocenters. The second-order valence-electron chi connectivity index (χ2n) is 5.93. The zero-order chi connectivity index (χ0) is 12.7. The van der Waals surface area contributed by atoms with Crippen molar-refractivity contribution >= 4 is 0 Å². The SMILES string of the molecule is CCCC(CCN)CCCN(C)C(C)C1CC1. The molecule has 0 amide bonds. The van der Waals surface area contributed by atoms with Crippen molar-refractivity contribution in [3.63, 3.8) is 0 Å². The Bertz CT molecular complexity index is 181. The summed E-state index contributed by atoms with van der Waals surface area (Å²) in [5.41, 5.74) is 5.68. The molecular formula is C15H32N2. The van der Waals surface area contributed by atoms with Gasteiger partial charge in [-0.15, -0.1) is 0 Å². The van der Waals surface area contributed by atoms with Gasteiger partial charge in [0, 0.05) is 6.04 Å². The Balaban J connectivity index is 2.11. The van der Waals surface area contributed by atoms with Crippen molar-refractivity contribution in [1.82, 2.24) is 4.90 Å². The lowest BCUT2D eigenvalue weighted by molar-refractivity contribution is 0.223. The largest absolute Gasteiger partial charge is 0.330 e. The molecule has 0 saturated heterocycles. The first-order chi connectivity index (χ1) is 8.19. The van der Waals surface area contributed by atoms with Gasteiger partial charge >= 0.3 is 0 Å². The molecule has 2 N–H and O–H groups in total. The van der Waals surface area contributed by atoms with Crippen LogP contribution in [0.2, 0.25) is 0 Å². The summed E-state index contributed by atoms with van der Waals surface area (Å²) < 4.78 is 0. The quantitative estimate of drug-likeness (QED) is 0.635. The third-order valence-corrected chi connectivity index (χ3v) is 4.39. The van der Waals surface area contributed by atoms with Crippen molar-refractivity contribution in [3.8, 4) is 0 Å². The average molecular weight is 240 g/mol. The van der Waals surface area contributed by atoms with E-state index in [0.29, 0.717) is 0 Å². The summed E-state index contributed by atoms with van der Waals surface area (Å²) in [6, 6.07) is 0.800. The maximum Gasteiger partial charge on any atom is 0.00921 e. The van der Waals surface area contributed by atoms with Crippen LogP contribution in [0.1, 0.15) is 58.8 Å². The molecule has 1 aliphatic rings. The molecule has 0 aromatic heterocycles. The molecule has 0 bridgehead atoms. The van der Waals surface area contributed by atoms with Crippen LogP contribution in [0.3, 0.4) is 0 Å². The molecule has 0 aromatic carbocycles. The number of rotatable bonds is 10. The van der Waals surface area contributed by atoms with Crippen molar-refractivity contribution in [2.45, 2.75) is 64.8 Å². The van der Waals surface area contributed by atoms with Gasteiger partial charge in [-0.2, -0.15) is 0 Å². The van der Waals surface area contributed by atoms with E-state index in [0.717, 1.165) is 24.4 Å². The van der Waals surface area contributed by atoms with Crippen LogP contribution in [0.15, 0.2) is 0 Å². The predicted octanol–water partition coefficient (Wildman–Crippen LogP) is 3.26. The van der Waals surface area contributed by atoms with Gasteiger partial charge in [0.1, 0.15) is 0 Å². The monoisotopic (exact) mass is 240 g/mol. The lowest BCUT2D eigenvalue weighted by atomic mass is 9.94. The Morgan fingerprint density at radius 2 is 1.94 bits per heavy atom. The highest BCUT2D eigenvalue weighted by Crippen LogP contribution is 2.34. The van der Waals surface area contributed by atoms with E-state index < -0.39 is 0 Å². The fraction of sp³-hybridized carbons (Fsp3) is 1.00. The van der Waals surface area contributed by atoms with Crippen molar-refractivity contribution in [3.05, 3.63) is 0 Å². The zero-order valence-corrected chi connectivity index (χ0v) is 12.1. The van der Waals surface area contributed by atoms with Crippen molar-refractivity contribution in [2.24, 2.45) is 17.6 Å². The molecule has 1 rings (SSSR count). The van der Waals surface area contributed by atoms with E-state index in [-0.39, 0.29) is 0 Å². The first-order valence-electron chi connectivity index (χ1n) is 7.59. The summed E-state index contributed by atoms with van der Waals surface area (Å²) in [5.74, 6) is 1.87. The first-order valence-corrected chi connectivity index (χ1v) is 7.59. The van der Waals surface area contributed by atoms with Crippen LogP contribution in [0.25, 0.3) is 0 Å². The molecule has 2 nitrogen and oxygen atoms in total. The van der Waals surface area contributed by atoms with Gasteiger partial charge in [0.2, 0.25) is 0 Å². The second-order valence-corrected chi connectivity index (χ2v) is 5.93. The van der Waals surface area contributed by atoms with Gasteiger partial charge in [0.25, 0.3) is 0 Å². The van der Waals surface area contributed by atoms with E-state index in [1.807, 2.05) is 0 Å². The third-order valence-electron chi connectivity index (χ3n) is 4.39. The van der Waals surface area contributed by atoms with Crippen LogP contribution < -0.4 is 5.73 Å². The molecule has 0 heterocycles. The Hall–Kier alpha value is -0.0800. The molecule has 1 aliphatic carbocycles. The minimum absolute atomic E-state index is 0.800. The average Bonchev–Trinajstić information content (AvgIpc) is 3.12. The molecule has 0 radical (unpaired) electrons. The smallest absolute Gasteiger partial charge is 0.00921 e. The van der Waals surface area contributed by atoms with Crippen molar-refractivity contribution in [2.75, 3.05) is 20.1 Å². The van der Waals surface area contributed by atoms with E-state index in [1.165, 1.54) is 51.5 Å². The van der Waals surface area contributed by atoms with E-state index in [9.17, 15) is 0 Å². The highest BCUT2D eigenvalue weighted by Gasteiger charge is 2.30. The molecule has 2 atom stereocenters. The predicted molar refractivity (Wildman–Crippen MR) is 76.1 cm³/mol. The Kier molecular flexibility index (Phi) is 7.14. The summed E-state index contributed by atoms with van der Waals surface area (Å²) in [5, 5.41) is 0. The maximum absolute atomic E-state index is 5.68. The Labute approximate surface area is 108 Å². The molecule has 102 valence electrons. The van der Waals surface area contributed by atoms with Gasteiger partial charge in [-0.25, -0.2) is 0 Å². The van der Waals surface area contributed by atoms with Crippen LogP contribution in [0.4, 0.5) is 0 Å². The summed E-state index contributed by atoms with van der Waals surface area (Å²) in [6.45, 7) is 6.80.